The van der Waals surface area contributed by atoms with E-state index in [2.05, 4.69) is 5.32 Å². The maximum Gasteiger partial charge on any atom is 0.274 e. The molecule has 1 fully saturated rings. The van der Waals surface area contributed by atoms with Gasteiger partial charge in [-0.1, -0.05) is 11.6 Å². The highest BCUT2D eigenvalue weighted by Gasteiger charge is 2.35. The minimum Gasteiger partial charge on any atom is -0.314 e. The molecule has 20 heavy (non-hydrogen) atoms. The maximum absolute atomic E-state index is 13.4. The number of benzene rings is 1. The molecule has 1 heterocycles. The summed E-state index contributed by atoms with van der Waals surface area (Å²) in [6.45, 7) is 1.99. The van der Waals surface area contributed by atoms with E-state index < -0.39 is 17.4 Å². The van der Waals surface area contributed by atoms with Crippen molar-refractivity contribution in [3.05, 3.63) is 38.9 Å². The molecule has 1 aromatic rings. The molecule has 8 heteroatoms. The van der Waals surface area contributed by atoms with Crippen molar-refractivity contribution in [1.82, 2.24) is 10.2 Å². The molecule has 0 saturated carbocycles. The van der Waals surface area contributed by atoms with Gasteiger partial charge in [-0.15, -0.1) is 0 Å². The van der Waals surface area contributed by atoms with Crippen LogP contribution in [0, 0.1) is 10.1 Å². The van der Waals surface area contributed by atoms with Crippen molar-refractivity contribution in [2.75, 3.05) is 26.2 Å². The van der Waals surface area contributed by atoms with Gasteiger partial charge in [-0.05, 0) is 12.1 Å². The molecule has 0 radical (unpaired) electrons. The fourth-order valence-corrected chi connectivity index (χ4v) is 2.56. The van der Waals surface area contributed by atoms with Gasteiger partial charge >= 0.3 is 0 Å². The lowest BCUT2D eigenvalue weighted by Crippen LogP contribution is -2.47. The molecule has 0 bridgehead atoms. The van der Waals surface area contributed by atoms with Crippen molar-refractivity contribution in [1.29, 1.82) is 0 Å². The summed E-state index contributed by atoms with van der Waals surface area (Å²) < 4.78 is 26.8. The van der Waals surface area contributed by atoms with Crippen molar-refractivity contribution < 1.29 is 13.7 Å². The Labute approximate surface area is 119 Å². The van der Waals surface area contributed by atoms with Crippen LogP contribution in [0.2, 0.25) is 5.02 Å². The molecule has 110 valence electrons. The van der Waals surface area contributed by atoms with Gasteiger partial charge in [-0.2, -0.15) is 0 Å². The van der Waals surface area contributed by atoms with Gasteiger partial charge in [0.05, 0.1) is 10.5 Å². The van der Waals surface area contributed by atoms with Gasteiger partial charge in [0.1, 0.15) is 6.04 Å². The van der Waals surface area contributed by atoms with Crippen LogP contribution in [-0.4, -0.2) is 42.4 Å². The topological polar surface area (TPSA) is 58.4 Å². The van der Waals surface area contributed by atoms with E-state index in [1.54, 1.807) is 4.90 Å². The van der Waals surface area contributed by atoms with Gasteiger partial charge in [-0.25, -0.2) is 8.78 Å². The number of alkyl halides is 2. The number of rotatable bonds is 4. The van der Waals surface area contributed by atoms with E-state index in [0.717, 1.165) is 0 Å². The highest BCUT2D eigenvalue weighted by molar-refractivity contribution is 6.30. The number of piperazine rings is 1. The minimum absolute atomic E-state index is 0.0283. The fourth-order valence-electron chi connectivity index (χ4n) is 2.38. The molecular formula is C12H14ClF2N3O2. The minimum atomic E-state index is -2.72. The van der Waals surface area contributed by atoms with Crippen LogP contribution in [0.25, 0.3) is 0 Å². The molecule has 1 aliphatic rings. The second-order valence-electron chi connectivity index (χ2n) is 4.53. The second-order valence-corrected chi connectivity index (χ2v) is 4.96. The van der Waals surface area contributed by atoms with E-state index in [-0.39, 0.29) is 16.3 Å². The number of nitro groups is 1. The fraction of sp³-hybridized carbons (Fsp3) is 0.500. The van der Waals surface area contributed by atoms with Crippen molar-refractivity contribution in [2.45, 2.75) is 12.5 Å². The molecule has 0 amide bonds. The Balaban J connectivity index is 2.42. The third-order valence-electron chi connectivity index (χ3n) is 3.29. The number of halogens is 3. The SMILES string of the molecule is O=[N+]([O-])c1ccc(Cl)cc1[C@@H](C(F)F)N1CCNCC1. The monoisotopic (exact) mass is 305 g/mol. The van der Waals surface area contributed by atoms with Crippen LogP contribution in [0.1, 0.15) is 11.6 Å². The lowest BCUT2D eigenvalue weighted by molar-refractivity contribution is -0.386. The molecule has 2 rings (SSSR count). The van der Waals surface area contributed by atoms with Crippen LogP contribution in [0.3, 0.4) is 0 Å². The number of hydrogen-bond acceptors (Lipinski definition) is 4. The summed E-state index contributed by atoms with van der Waals surface area (Å²) in [5.74, 6) is 0. The summed E-state index contributed by atoms with van der Waals surface area (Å²) >= 11 is 5.81. The van der Waals surface area contributed by atoms with E-state index in [1.807, 2.05) is 0 Å². The van der Waals surface area contributed by atoms with Crippen LogP contribution in [0.5, 0.6) is 0 Å². The number of hydrogen-bond donors (Lipinski definition) is 1. The van der Waals surface area contributed by atoms with Gasteiger partial charge < -0.3 is 5.32 Å². The average Bonchev–Trinajstić information content (AvgIpc) is 2.39. The molecule has 5 nitrogen and oxygen atoms in total. The maximum atomic E-state index is 13.4. The molecule has 1 aromatic carbocycles. The first-order chi connectivity index (χ1) is 9.50. The van der Waals surface area contributed by atoms with Crippen LogP contribution in [0.4, 0.5) is 14.5 Å². The van der Waals surface area contributed by atoms with Crippen LogP contribution in [-0.2, 0) is 0 Å². The zero-order chi connectivity index (χ0) is 14.7. The van der Waals surface area contributed by atoms with Crippen molar-refractivity contribution in [2.24, 2.45) is 0 Å². The summed E-state index contributed by atoms with van der Waals surface area (Å²) in [4.78, 5) is 11.9. The summed E-state index contributed by atoms with van der Waals surface area (Å²) in [7, 11) is 0. The molecule has 0 aromatic heterocycles. The molecule has 1 atom stereocenters. The smallest absolute Gasteiger partial charge is 0.274 e. The summed E-state index contributed by atoms with van der Waals surface area (Å²) in [5, 5.41) is 14.3. The second kappa shape index (κ2) is 6.43. The zero-order valence-electron chi connectivity index (χ0n) is 10.6. The number of nitro benzene ring substituents is 1. The Morgan fingerprint density at radius 3 is 2.55 bits per heavy atom. The predicted molar refractivity (Wildman–Crippen MR) is 71.3 cm³/mol. The summed E-state index contributed by atoms with van der Waals surface area (Å²) in [5.41, 5.74) is -0.349. The number of nitrogens with one attached hydrogen (secondary N) is 1. The predicted octanol–water partition coefficient (Wildman–Crippen LogP) is 2.46. The van der Waals surface area contributed by atoms with Crippen LogP contribution in [0.15, 0.2) is 18.2 Å². The van der Waals surface area contributed by atoms with E-state index in [9.17, 15) is 18.9 Å². The summed E-state index contributed by atoms with van der Waals surface area (Å²) in [6.07, 6.45) is -2.72. The lowest BCUT2D eigenvalue weighted by Gasteiger charge is -2.34. The molecule has 0 spiro atoms. The Morgan fingerprint density at radius 2 is 2.00 bits per heavy atom. The van der Waals surface area contributed by atoms with E-state index in [4.69, 9.17) is 11.6 Å². The van der Waals surface area contributed by atoms with Crippen LogP contribution >= 0.6 is 11.6 Å². The molecule has 1 N–H and O–H groups in total. The Kier molecular flexibility index (Phi) is 4.85. The van der Waals surface area contributed by atoms with Crippen LogP contribution < -0.4 is 5.32 Å². The average molecular weight is 306 g/mol. The summed E-state index contributed by atoms with van der Waals surface area (Å²) in [6, 6.07) is 2.47. The van der Waals surface area contributed by atoms with Crippen molar-refractivity contribution >= 4 is 17.3 Å². The first-order valence-electron chi connectivity index (χ1n) is 6.17. The highest BCUT2D eigenvalue weighted by atomic mass is 35.5. The van der Waals surface area contributed by atoms with Crippen molar-refractivity contribution in [3.8, 4) is 0 Å². The van der Waals surface area contributed by atoms with E-state index in [0.29, 0.717) is 26.2 Å². The quantitative estimate of drug-likeness (QED) is 0.686. The Hall–Kier alpha value is -1.31. The normalized spacial score (nSPS) is 18.2. The van der Waals surface area contributed by atoms with Gasteiger partial charge in [0.25, 0.3) is 12.1 Å². The first-order valence-corrected chi connectivity index (χ1v) is 6.55. The third-order valence-corrected chi connectivity index (χ3v) is 3.52. The van der Waals surface area contributed by atoms with Crippen molar-refractivity contribution in [3.63, 3.8) is 0 Å². The highest BCUT2D eigenvalue weighted by Crippen LogP contribution is 2.35. The Bertz CT molecular complexity index is 496. The molecule has 0 unspecified atom stereocenters. The van der Waals surface area contributed by atoms with Gasteiger partial charge in [0.15, 0.2) is 0 Å². The van der Waals surface area contributed by atoms with Gasteiger partial charge in [0.2, 0.25) is 0 Å². The molecular weight excluding hydrogens is 292 g/mol. The third kappa shape index (κ3) is 3.23. The standard InChI is InChI=1S/C12H14ClF2N3O2/c13-8-1-2-10(18(19)20)9(7-8)11(12(14)15)17-5-3-16-4-6-17/h1-2,7,11-12,16H,3-6H2/t11-/m0/s1. The van der Waals surface area contributed by atoms with Gasteiger partial charge in [-0.3, -0.25) is 15.0 Å². The van der Waals surface area contributed by atoms with E-state index >= 15 is 0 Å². The molecule has 0 aliphatic carbocycles. The first kappa shape index (κ1) is 15.1. The zero-order valence-corrected chi connectivity index (χ0v) is 11.3. The Morgan fingerprint density at radius 1 is 1.35 bits per heavy atom. The molecule has 1 aliphatic heterocycles. The lowest BCUT2D eigenvalue weighted by atomic mass is 10.0. The van der Waals surface area contributed by atoms with Gasteiger partial charge in [0, 0.05) is 37.3 Å². The largest absolute Gasteiger partial charge is 0.314 e. The molecule has 1 saturated heterocycles. The number of nitrogens with zero attached hydrogens (tertiary/aromatic N) is 2. The van der Waals surface area contributed by atoms with E-state index in [1.165, 1.54) is 18.2 Å².